The molecule has 0 spiro atoms. The van der Waals surface area contributed by atoms with Crippen LogP contribution < -0.4 is 5.32 Å². The van der Waals surface area contributed by atoms with Crippen LogP contribution in [0.2, 0.25) is 0 Å². The number of aliphatic carboxylic acids is 1. The van der Waals surface area contributed by atoms with Gasteiger partial charge in [0.25, 0.3) is 0 Å². The van der Waals surface area contributed by atoms with Gasteiger partial charge in [-0.25, -0.2) is 0 Å². The molecule has 2 unspecified atom stereocenters. The normalized spacial score (nSPS) is 36.4. The highest BCUT2D eigenvalue weighted by atomic mass is 16.5. The molecular formula is C14H23NO5. The summed E-state index contributed by atoms with van der Waals surface area (Å²) < 4.78 is 10.7. The van der Waals surface area contributed by atoms with Crippen molar-refractivity contribution in [1.82, 2.24) is 5.32 Å². The first-order valence-electron chi connectivity index (χ1n) is 7.17. The van der Waals surface area contributed by atoms with Crippen LogP contribution in [0.25, 0.3) is 0 Å². The smallest absolute Gasteiger partial charge is 0.313 e. The van der Waals surface area contributed by atoms with Gasteiger partial charge in [-0.3, -0.25) is 9.59 Å². The second-order valence-electron chi connectivity index (χ2n) is 5.98. The van der Waals surface area contributed by atoms with Gasteiger partial charge in [-0.15, -0.1) is 0 Å². The lowest BCUT2D eigenvalue weighted by atomic mass is 9.79. The fraction of sp³-hybridized carbons (Fsp3) is 0.857. The van der Waals surface area contributed by atoms with Crippen molar-refractivity contribution in [3.8, 4) is 0 Å². The van der Waals surface area contributed by atoms with Crippen LogP contribution in [-0.2, 0) is 19.1 Å². The minimum atomic E-state index is -1.02. The average Bonchev–Trinajstić information content (AvgIpc) is 2.70. The number of carbonyl (C=O) groups excluding carboxylic acids is 1. The number of hydrogen-bond donors (Lipinski definition) is 2. The molecule has 1 saturated carbocycles. The van der Waals surface area contributed by atoms with Crippen molar-refractivity contribution in [3.05, 3.63) is 0 Å². The van der Waals surface area contributed by atoms with Crippen LogP contribution in [0.5, 0.6) is 0 Å². The van der Waals surface area contributed by atoms with Crippen LogP contribution in [0.4, 0.5) is 0 Å². The molecule has 0 radical (unpaired) electrons. The molecule has 0 aromatic carbocycles. The Morgan fingerprint density at radius 1 is 1.45 bits per heavy atom. The number of rotatable bonds is 6. The summed E-state index contributed by atoms with van der Waals surface area (Å²) in [6.07, 6.45) is 2.56. The van der Waals surface area contributed by atoms with E-state index in [-0.39, 0.29) is 25.2 Å². The van der Waals surface area contributed by atoms with Crippen molar-refractivity contribution in [1.29, 1.82) is 0 Å². The first kappa shape index (κ1) is 15.3. The monoisotopic (exact) mass is 285 g/mol. The third-order valence-electron chi connectivity index (χ3n) is 4.35. The lowest BCUT2D eigenvalue weighted by Crippen LogP contribution is -2.50. The fourth-order valence-electron chi connectivity index (χ4n) is 2.81. The molecule has 1 aliphatic carbocycles. The molecule has 6 heteroatoms. The van der Waals surface area contributed by atoms with Crippen LogP contribution in [0.3, 0.4) is 0 Å². The van der Waals surface area contributed by atoms with Crippen molar-refractivity contribution in [2.24, 2.45) is 11.3 Å². The van der Waals surface area contributed by atoms with Crippen LogP contribution >= 0.6 is 0 Å². The predicted molar refractivity (Wildman–Crippen MR) is 71.2 cm³/mol. The Hall–Kier alpha value is -1.14. The van der Waals surface area contributed by atoms with E-state index < -0.39 is 17.4 Å². The number of amides is 1. The Balaban J connectivity index is 1.76. The van der Waals surface area contributed by atoms with Crippen molar-refractivity contribution < 1.29 is 24.2 Å². The standard InChI is InChI=1S/C14H23NO5/c1-3-20-10-4-9(5-10)6-12(16)15-11-7-19-8-14(11,2)13(17)18/h9-11H,3-8H2,1-2H3,(H,15,16)(H,17,18). The molecule has 20 heavy (non-hydrogen) atoms. The summed E-state index contributed by atoms with van der Waals surface area (Å²) in [4.78, 5) is 23.2. The molecule has 2 rings (SSSR count). The fourth-order valence-corrected chi connectivity index (χ4v) is 2.81. The molecular weight excluding hydrogens is 262 g/mol. The topological polar surface area (TPSA) is 84.9 Å². The van der Waals surface area contributed by atoms with Gasteiger partial charge in [0, 0.05) is 13.0 Å². The molecule has 6 nitrogen and oxygen atoms in total. The summed E-state index contributed by atoms with van der Waals surface area (Å²) in [5, 5.41) is 12.1. The van der Waals surface area contributed by atoms with Gasteiger partial charge >= 0.3 is 5.97 Å². The molecule has 2 N–H and O–H groups in total. The van der Waals surface area contributed by atoms with Gasteiger partial charge in [-0.2, -0.15) is 0 Å². The van der Waals surface area contributed by atoms with Crippen LogP contribution in [0.1, 0.15) is 33.1 Å². The van der Waals surface area contributed by atoms with E-state index >= 15 is 0 Å². The average molecular weight is 285 g/mol. The highest BCUT2D eigenvalue weighted by Crippen LogP contribution is 2.33. The lowest BCUT2D eigenvalue weighted by Gasteiger charge is -2.35. The largest absolute Gasteiger partial charge is 0.481 e. The molecule has 0 bridgehead atoms. The van der Waals surface area contributed by atoms with Crippen molar-refractivity contribution in [3.63, 3.8) is 0 Å². The second-order valence-corrected chi connectivity index (χ2v) is 5.98. The van der Waals surface area contributed by atoms with Crippen molar-refractivity contribution in [2.45, 2.75) is 45.3 Å². The number of nitrogens with one attached hydrogen (secondary N) is 1. The minimum absolute atomic E-state index is 0.0899. The number of hydrogen-bond acceptors (Lipinski definition) is 4. The number of ether oxygens (including phenoxy) is 2. The molecule has 0 aromatic rings. The summed E-state index contributed by atoms with van der Waals surface area (Å²) in [7, 11) is 0. The van der Waals surface area contributed by atoms with Crippen molar-refractivity contribution in [2.75, 3.05) is 19.8 Å². The van der Waals surface area contributed by atoms with E-state index in [4.69, 9.17) is 9.47 Å². The molecule has 1 heterocycles. The van der Waals surface area contributed by atoms with E-state index in [0.29, 0.717) is 18.9 Å². The zero-order valence-corrected chi connectivity index (χ0v) is 12.1. The van der Waals surface area contributed by atoms with Gasteiger partial charge in [0.05, 0.1) is 25.4 Å². The predicted octanol–water partition coefficient (Wildman–Crippen LogP) is 0.798. The number of carboxylic acids is 1. The summed E-state index contributed by atoms with van der Waals surface area (Å²) in [6.45, 7) is 4.69. The first-order chi connectivity index (χ1) is 9.45. The van der Waals surface area contributed by atoms with E-state index in [1.54, 1.807) is 6.92 Å². The molecule has 114 valence electrons. The van der Waals surface area contributed by atoms with Gasteiger partial charge in [0.2, 0.25) is 5.91 Å². The Morgan fingerprint density at radius 3 is 2.75 bits per heavy atom. The summed E-state index contributed by atoms with van der Waals surface area (Å²) in [5.41, 5.74) is -1.02. The highest BCUT2D eigenvalue weighted by Gasteiger charge is 2.47. The molecule has 0 aromatic heterocycles. The van der Waals surface area contributed by atoms with E-state index in [9.17, 15) is 14.7 Å². The number of carbonyl (C=O) groups is 2. The van der Waals surface area contributed by atoms with E-state index in [0.717, 1.165) is 12.8 Å². The molecule has 1 amide bonds. The third-order valence-corrected chi connectivity index (χ3v) is 4.35. The Kier molecular flexibility index (Phi) is 4.65. The zero-order valence-electron chi connectivity index (χ0n) is 12.1. The maximum absolute atomic E-state index is 12.0. The van der Waals surface area contributed by atoms with Gasteiger partial charge in [0.1, 0.15) is 5.41 Å². The van der Waals surface area contributed by atoms with Gasteiger partial charge in [0.15, 0.2) is 0 Å². The van der Waals surface area contributed by atoms with Gasteiger partial charge < -0.3 is 19.9 Å². The first-order valence-corrected chi connectivity index (χ1v) is 7.17. The van der Waals surface area contributed by atoms with Gasteiger partial charge in [-0.1, -0.05) is 0 Å². The van der Waals surface area contributed by atoms with Crippen LogP contribution in [0.15, 0.2) is 0 Å². The van der Waals surface area contributed by atoms with E-state index in [2.05, 4.69) is 5.32 Å². The molecule has 1 saturated heterocycles. The quantitative estimate of drug-likeness (QED) is 0.754. The van der Waals surface area contributed by atoms with Crippen LogP contribution in [0, 0.1) is 11.3 Å². The van der Waals surface area contributed by atoms with E-state index in [1.807, 2.05) is 6.92 Å². The Labute approximate surface area is 118 Å². The SMILES string of the molecule is CCOC1CC(CC(=O)NC2COCC2(C)C(=O)O)C1. The minimum Gasteiger partial charge on any atom is -0.481 e. The zero-order chi connectivity index (χ0) is 14.8. The summed E-state index contributed by atoms with van der Waals surface area (Å²) in [6, 6.07) is -0.449. The van der Waals surface area contributed by atoms with Crippen molar-refractivity contribution >= 4 is 11.9 Å². The molecule has 2 atom stereocenters. The maximum Gasteiger partial charge on any atom is 0.313 e. The summed E-state index contributed by atoms with van der Waals surface area (Å²) in [5.74, 6) is -0.668. The third kappa shape index (κ3) is 3.12. The summed E-state index contributed by atoms with van der Waals surface area (Å²) >= 11 is 0. The van der Waals surface area contributed by atoms with Crippen LogP contribution in [-0.4, -0.2) is 48.9 Å². The molecule has 2 fully saturated rings. The Morgan fingerprint density at radius 2 is 2.15 bits per heavy atom. The second kappa shape index (κ2) is 6.10. The molecule has 2 aliphatic rings. The maximum atomic E-state index is 12.0. The van der Waals surface area contributed by atoms with Gasteiger partial charge in [-0.05, 0) is 32.6 Å². The molecule has 1 aliphatic heterocycles. The lowest BCUT2D eigenvalue weighted by molar-refractivity contribution is -0.149. The van der Waals surface area contributed by atoms with E-state index in [1.165, 1.54) is 0 Å². The Bertz CT molecular complexity index is 380. The number of carboxylic acid groups (broad SMARTS) is 1. The highest BCUT2D eigenvalue weighted by molar-refractivity contribution is 5.80.